The molecule has 0 spiro atoms. The zero-order valence-corrected chi connectivity index (χ0v) is 16.2. The summed E-state index contributed by atoms with van der Waals surface area (Å²) in [4.78, 5) is 26.5. The van der Waals surface area contributed by atoms with E-state index in [1.54, 1.807) is 0 Å². The van der Waals surface area contributed by atoms with Crippen molar-refractivity contribution in [1.82, 2.24) is 4.90 Å². The van der Waals surface area contributed by atoms with Gasteiger partial charge in [0.05, 0.1) is 11.5 Å². The summed E-state index contributed by atoms with van der Waals surface area (Å²) in [5, 5.41) is 12.7. The summed E-state index contributed by atoms with van der Waals surface area (Å²) in [5.41, 5.74) is 1.43. The molecule has 3 atom stereocenters. The van der Waals surface area contributed by atoms with Gasteiger partial charge in [0.1, 0.15) is 0 Å². The molecule has 1 aliphatic carbocycles. The lowest BCUT2D eigenvalue weighted by atomic mass is 9.81. The molecule has 1 saturated carbocycles. The summed E-state index contributed by atoms with van der Waals surface area (Å²) in [7, 11) is 0. The van der Waals surface area contributed by atoms with Gasteiger partial charge in [-0.05, 0) is 48.8 Å². The van der Waals surface area contributed by atoms with Crippen LogP contribution in [0.3, 0.4) is 0 Å². The van der Waals surface area contributed by atoms with E-state index < -0.39 is 11.4 Å². The zero-order valence-electron chi connectivity index (χ0n) is 16.2. The first kappa shape index (κ1) is 18.9. The van der Waals surface area contributed by atoms with Crippen molar-refractivity contribution in [2.75, 3.05) is 18.4 Å². The molecular weight excluding hydrogens is 328 g/mol. The average Bonchev–Trinajstić information content (AvgIpc) is 3.12. The molecule has 1 saturated heterocycles. The van der Waals surface area contributed by atoms with Crippen molar-refractivity contribution in [2.45, 2.75) is 58.4 Å². The molecule has 1 unspecified atom stereocenters. The summed E-state index contributed by atoms with van der Waals surface area (Å²) in [6.07, 6.45) is 2.66. The second-order valence-corrected chi connectivity index (χ2v) is 8.97. The highest BCUT2D eigenvalue weighted by molar-refractivity contribution is 5.94. The van der Waals surface area contributed by atoms with Gasteiger partial charge in [-0.3, -0.25) is 14.5 Å². The SMILES string of the molecule is CC(C(=O)Nc1ccc(C(C)(C)C)cc1)N1C[C@@H]2CCC[C@@]2(C(=O)O)C1. The van der Waals surface area contributed by atoms with Gasteiger partial charge >= 0.3 is 5.97 Å². The number of benzene rings is 1. The van der Waals surface area contributed by atoms with Crippen LogP contribution in [0.25, 0.3) is 0 Å². The first-order valence-electron chi connectivity index (χ1n) is 9.52. The Morgan fingerprint density at radius 1 is 1.27 bits per heavy atom. The molecule has 5 heteroatoms. The summed E-state index contributed by atoms with van der Waals surface area (Å²) in [5.74, 6) is -0.608. The number of carbonyl (C=O) groups is 2. The number of likely N-dealkylation sites (tertiary alicyclic amines) is 1. The number of amides is 1. The molecule has 26 heavy (non-hydrogen) atoms. The number of carboxylic acid groups (broad SMARTS) is 1. The van der Waals surface area contributed by atoms with Gasteiger partial charge in [-0.1, -0.05) is 39.3 Å². The van der Waals surface area contributed by atoms with Crippen LogP contribution in [-0.4, -0.2) is 41.0 Å². The third kappa shape index (κ3) is 3.37. The molecule has 2 aliphatic rings. The quantitative estimate of drug-likeness (QED) is 0.864. The lowest BCUT2D eigenvalue weighted by molar-refractivity contribution is -0.149. The summed E-state index contributed by atoms with van der Waals surface area (Å²) >= 11 is 0. The highest BCUT2D eigenvalue weighted by Crippen LogP contribution is 2.49. The van der Waals surface area contributed by atoms with Crippen molar-refractivity contribution in [2.24, 2.45) is 11.3 Å². The second kappa shape index (κ2) is 6.69. The van der Waals surface area contributed by atoms with E-state index in [2.05, 4.69) is 26.1 Å². The molecule has 1 aromatic carbocycles. The Labute approximate surface area is 155 Å². The summed E-state index contributed by atoms with van der Waals surface area (Å²) < 4.78 is 0. The van der Waals surface area contributed by atoms with Crippen LogP contribution in [0.15, 0.2) is 24.3 Å². The van der Waals surface area contributed by atoms with E-state index in [1.807, 2.05) is 36.1 Å². The van der Waals surface area contributed by atoms with Crippen LogP contribution >= 0.6 is 0 Å². The average molecular weight is 358 g/mol. The van der Waals surface area contributed by atoms with E-state index >= 15 is 0 Å². The molecule has 0 bridgehead atoms. The Morgan fingerprint density at radius 2 is 1.92 bits per heavy atom. The fourth-order valence-corrected chi connectivity index (χ4v) is 4.44. The topological polar surface area (TPSA) is 69.6 Å². The fraction of sp³-hybridized carbons (Fsp3) is 0.619. The van der Waals surface area contributed by atoms with Gasteiger partial charge in [0, 0.05) is 18.8 Å². The molecule has 142 valence electrons. The third-order valence-electron chi connectivity index (χ3n) is 6.27. The first-order chi connectivity index (χ1) is 12.1. The van der Waals surface area contributed by atoms with Crippen LogP contribution in [0.4, 0.5) is 5.69 Å². The van der Waals surface area contributed by atoms with Crippen molar-refractivity contribution in [3.8, 4) is 0 Å². The molecule has 3 rings (SSSR count). The van der Waals surface area contributed by atoms with E-state index in [0.29, 0.717) is 13.1 Å². The third-order valence-corrected chi connectivity index (χ3v) is 6.27. The highest BCUT2D eigenvalue weighted by atomic mass is 16.4. The van der Waals surface area contributed by atoms with Crippen LogP contribution < -0.4 is 5.32 Å². The molecule has 1 aromatic rings. The highest BCUT2D eigenvalue weighted by Gasteiger charge is 2.55. The maximum absolute atomic E-state index is 12.7. The minimum atomic E-state index is -0.701. The molecule has 5 nitrogen and oxygen atoms in total. The van der Waals surface area contributed by atoms with Crippen LogP contribution in [0, 0.1) is 11.3 Å². The Balaban J connectivity index is 1.65. The summed E-state index contributed by atoms with van der Waals surface area (Å²) in [6.45, 7) is 9.52. The van der Waals surface area contributed by atoms with Gasteiger partial charge in [0.25, 0.3) is 0 Å². The fourth-order valence-electron chi connectivity index (χ4n) is 4.44. The van der Waals surface area contributed by atoms with Crippen LogP contribution in [0.2, 0.25) is 0 Å². The second-order valence-electron chi connectivity index (χ2n) is 8.97. The predicted octanol–water partition coefficient (Wildman–Crippen LogP) is 3.50. The number of carboxylic acids is 1. The van der Waals surface area contributed by atoms with Gasteiger partial charge in [-0.25, -0.2) is 0 Å². The Morgan fingerprint density at radius 3 is 2.46 bits per heavy atom. The van der Waals surface area contributed by atoms with Crippen LogP contribution in [-0.2, 0) is 15.0 Å². The molecule has 1 amide bonds. The molecule has 0 aromatic heterocycles. The molecule has 1 heterocycles. The Hall–Kier alpha value is -1.88. The predicted molar refractivity (Wildman–Crippen MR) is 102 cm³/mol. The van der Waals surface area contributed by atoms with Crippen molar-refractivity contribution >= 4 is 17.6 Å². The van der Waals surface area contributed by atoms with Crippen LogP contribution in [0.5, 0.6) is 0 Å². The van der Waals surface area contributed by atoms with Gasteiger partial charge in [0.15, 0.2) is 0 Å². The molecule has 1 aliphatic heterocycles. The molecular formula is C21H30N2O3. The van der Waals surface area contributed by atoms with Crippen molar-refractivity contribution in [1.29, 1.82) is 0 Å². The van der Waals surface area contributed by atoms with Crippen molar-refractivity contribution < 1.29 is 14.7 Å². The number of nitrogens with zero attached hydrogens (tertiary/aromatic N) is 1. The van der Waals surface area contributed by atoms with Crippen molar-refractivity contribution in [3.63, 3.8) is 0 Å². The van der Waals surface area contributed by atoms with Gasteiger partial charge in [-0.2, -0.15) is 0 Å². The maximum atomic E-state index is 12.7. The van der Waals surface area contributed by atoms with Crippen molar-refractivity contribution in [3.05, 3.63) is 29.8 Å². The number of nitrogens with one attached hydrogen (secondary N) is 1. The number of hydrogen-bond acceptors (Lipinski definition) is 3. The number of carbonyl (C=O) groups excluding carboxylic acids is 1. The number of anilines is 1. The van der Waals surface area contributed by atoms with Gasteiger partial charge in [-0.15, -0.1) is 0 Å². The Bertz CT molecular complexity index is 692. The minimum absolute atomic E-state index is 0.0750. The minimum Gasteiger partial charge on any atom is -0.481 e. The Kier molecular flexibility index (Phi) is 4.86. The lowest BCUT2D eigenvalue weighted by Crippen LogP contribution is -2.43. The summed E-state index contributed by atoms with van der Waals surface area (Å²) in [6, 6.07) is 7.62. The number of aliphatic carboxylic acids is 1. The normalized spacial score (nSPS) is 27.2. The molecule has 2 fully saturated rings. The molecule has 0 radical (unpaired) electrons. The van der Waals surface area contributed by atoms with E-state index in [9.17, 15) is 14.7 Å². The number of fused-ring (bicyclic) bond motifs is 1. The van der Waals surface area contributed by atoms with E-state index in [1.165, 1.54) is 5.56 Å². The number of rotatable bonds is 4. The standard InChI is InChI=1S/C21H30N2O3/c1-14(23-12-16-6-5-11-21(16,13-23)19(25)26)18(24)22-17-9-7-15(8-10-17)20(2,3)4/h7-10,14,16H,5-6,11-13H2,1-4H3,(H,22,24)(H,25,26)/t14?,16-,21+/m0/s1. The molecule has 2 N–H and O–H groups in total. The van der Waals surface area contributed by atoms with E-state index in [4.69, 9.17) is 0 Å². The van der Waals surface area contributed by atoms with Crippen LogP contribution in [0.1, 0.15) is 52.5 Å². The van der Waals surface area contributed by atoms with Gasteiger partial charge in [0.2, 0.25) is 5.91 Å². The zero-order chi connectivity index (χ0) is 19.1. The first-order valence-corrected chi connectivity index (χ1v) is 9.52. The largest absolute Gasteiger partial charge is 0.481 e. The lowest BCUT2D eigenvalue weighted by Gasteiger charge is -2.26. The monoisotopic (exact) mass is 358 g/mol. The smallest absolute Gasteiger partial charge is 0.311 e. The van der Waals surface area contributed by atoms with E-state index in [-0.39, 0.29) is 23.3 Å². The maximum Gasteiger partial charge on any atom is 0.311 e. The van der Waals surface area contributed by atoms with Gasteiger partial charge < -0.3 is 10.4 Å². The van der Waals surface area contributed by atoms with E-state index in [0.717, 1.165) is 24.9 Å². The number of hydrogen-bond donors (Lipinski definition) is 2.